The molecule has 0 aliphatic carbocycles. The van der Waals surface area contributed by atoms with Crippen LogP contribution in [-0.2, 0) is 10.9 Å². The van der Waals surface area contributed by atoms with Crippen LogP contribution >= 0.6 is 34.8 Å². The van der Waals surface area contributed by atoms with Crippen LogP contribution in [0.2, 0.25) is 0 Å². The second kappa shape index (κ2) is 5.04. The lowest BCUT2D eigenvalue weighted by Gasteiger charge is -2.10. The lowest BCUT2D eigenvalue weighted by molar-refractivity contribution is -0.137. The van der Waals surface area contributed by atoms with Crippen molar-refractivity contribution in [1.82, 2.24) is 0 Å². The topological polar surface area (TPSA) is 21.6 Å². The van der Waals surface area contributed by atoms with Crippen molar-refractivity contribution < 1.29 is 17.9 Å². The molecule has 0 saturated heterocycles. The van der Waals surface area contributed by atoms with Crippen molar-refractivity contribution in [2.24, 2.45) is 4.99 Å². The zero-order valence-corrected chi connectivity index (χ0v) is 11.5. The molecule has 1 aliphatic heterocycles. The Kier molecular flexibility index (Phi) is 3.91. The minimum absolute atomic E-state index is 0.0462. The van der Waals surface area contributed by atoms with E-state index in [4.69, 9.17) is 39.5 Å². The highest BCUT2D eigenvalue weighted by atomic mass is 35.6. The Morgan fingerprint density at radius 2 is 1.89 bits per heavy atom. The zero-order chi connectivity index (χ0) is 14.3. The second-order valence-electron chi connectivity index (χ2n) is 3.88. The van der Waals surface area contributed by atoms with E-state index in [1.165, 1.54) is 12.1 Å². The number of rotatable bonds is 1. The van der Waals surface area contributed by atoms with E-state index in [9.17, 15) is 13.2 Å². The van der Waals surface area contributed by atoms with Crippen LogP contribution in [-0.4, -0.2) is 16.3 Å². The molecule has 1 heterocycles. The maximum atomic E-state index is 12.6. The molecule has 0 aromatic heterocycles. The summed E-state index contributed by atoms with van der Waals surface area (Å²) in [4.78, 5) is 3.98. The molecule has 1 atom stereocenters. The van der Waals surface area contributed by atoms with E-state index in [1.54, 1.807) is 0 Å². The Hall–Kier alpha value is -0.650. The molecule has 0 bridgehead atoms. The summed E-state index contributed by atoms with van der Waals surface area (Å²) in [5, 5.41) is 0. The van der Waals surface area contributed by atoms with E-state index in [0.29, 0.717) is 5.56 Å². The molecule has 8 heteroatoms. The molecule has 2 nitrogen and oxygen atoms in total. The third kappa shape index (κ3) is 3.46. The molecule has 0 fully saturated rings. The van der Waals surface area contributed by atoms with Gasteiger partial charge < -0.3 is 4.74 Å². The Morgan fingerprint density at radius 3 is 2.42 bits per heavy atom. The third-order valence-corrected chi connectivity index (χ3v) is 2.98. The molecule has 0 amide bonds. The molecule has 1 aliphatic rings. The highest BCUT2D eigenvalue weighted by molar-refractivity contribution is 6.76. The van der Waals surface area contributed by atoms with Gasteiger partial charge in [-0.25, -0.2) is 4.99 Å². The van der Waals surface area contributed by atoms with Crippen LogP contribution < -0.4 is 0 Å². The third-order valence-electron chi connectivity index (χ3n) is 2.49. The molecule has 19 heavy (non-hydrogen) atoms. The van der Waals surface area contributed by atoms with Gasteiger partial charge in [-0.3, -0.25) is 0 Å². The van der Waals surface area contributed by atoms with E-state index in [0.717, 1.165) is 12.1 Å². The Morgan fingerprint density at radius 1 is 1.21 bits per heavy atom. The monoisotopic (exact) mass is 331 g/mol. The van der Waals surface area contributed by atoms with Gasteiger partial charge in [0.05, 0.1) is 5.56 Å². The summed E-state index contributed by atoms with van der Waals surface area (Å²) in [6.07, 6.45) is -4.41. The molecule has 2 rings (SSSR count). The number of hydrogen-bond acceptors (Lipinski definition) is 2. The van der Waals surface area contributed by atoms with Crippen molar-refractivity contribution >= 4 is 40.7 Å². The highest BCUT2D eigenvalue weighted by Gasteiger charge is 2.36. The lowest BCUT2D eigenvalue weighted by Crippen LogP contribution is -2.18. The Balaban J connectivity index is 2.28. The fraction of sp³-hybridized carbons (Fsp3) is 0.364. The number of aliphatic imine (C=N–C) groups is 1. The van der Waals surface area contributed by atoms with Gasteiger partial charge in [-0.1, -0.05) is 46.9 Å². The molecule has 0 radical (unpaired) electrons. The first-order valence-corrected chi connectivity index (χ1v) is 6.26. The molecular formula is C11H7Cl3F3NO. The van der Waals surface area contributed by atoms with Gasteiger partial charge in [-0.15, -0.1) is 0 Å². The highest BCUT2D eigenvalue weighted by Crippen LogP contribution is 2.36. The quantitative estimate of drug-likeness (QED) is 0.692. The summed E-state index contributed by atoms with van der Waals surface area (Å²) in [7, 11) is 0. The predicted molar refractivity (Wildman–Crippen MR) is 67.9 cm³/mol. The van der Waals surface area contributed by atoms with E-state index in [1.807, 2.05) is 0 Å². The summed E-state index contributed by atoms with van der Waals surface area (Å²) in [6, 6.07) is 4.22. The fourth-order valence-corrected chi connectivity index (χ4v) is 1.93. The van der Waals surface area contributed by atoms with Crippen LogP contribution in [0, 0.1) is 0 Å². The maximum absolute atomic E-state index is 12.6. The van der Waals surface area contributed by atoms with E-state index in [-0.39, 0.29) is 12.5 Å². The minimum atomic E-state index is -4.41. The number of benzene rings is 1. The van der Waals surface area contributed by atoms with Gasteiger partial charge in [0.15, 0.2) is 0 Å². The Labute approximate surface area is 122 Å². The molecule has 0 N–H and O–H groups in total. The predicted octanol–water partition coefficient (Wildman–Crippen LogP) is 4.55. The average molecular weight is 333 g/mol. The van der Waals surface area contributed by atoms with Crippen LogP contribution in [0.4, 0.5) is 13.2 Å². The smallest absolute Gasteiger partial charge is 0.416 e. The van der Waals surface area contributed by atoms with Crippen molar-refractivity contribution in [1.29, 1.82) is 0 Å². The molecule has 0 saturated carbocycles. The van der Waals surface area contributed by atoms with Gasteiger partial charge in [0.1, 0.15) is 12.6 Å². The van der Waals surface area contributed by atoms with Crippen LogP contribution in [0.5, 0.6) is 0 Å². The van der Waals surface area contributed by atoms with Crippen molar-refractivity contribution in [2.45, 2.75) is 16.0 Å². The van der Waals surface area contributed by atoms with E-state index in [2.05, 4.69) is 4.99 Å². The normalized spacial score (nSPS) is 20.1. The van der Waals surface area contributed by atoms with Crippen LogP contribution in [0.3, 0.4) is 0 Å². The van der Waals surface area contributed by atoms with Gasteiger partial charge in [0.2, 0.25) is 5.90 Å². The van der Waals surface area contributed by atoms with Crippen molar-refractivity contribution in [3.05, 3.63) is 35.4 Å². The first kappa shape index (κ1) is 14.8. The number of halogens is 6. The van der Waals surface area contributed by atoms with Crippen molar-refractivity contribution in [2.75, 3.05) is 6.61 Å². The van der Waals surface area contributed by atoms with E-state index < -0.39 is 21.6 Å². The van der Waals surface area contributed by atoms with Crippen LogP contribution in [0.25, 0.3) is 0 Å². The summed E-state index contributed by atoms with van der Waals surface area (Å²) in [6.45, 7) is 0.0462. The lowest BCUT2D eigenvalue weighted by atomic mass is 10.1. The van der Waals surface area contributed by atoms with Crippen LogP contribution in [0.1, 0.15) is 17.2 Å². The first-order valence-electron chi connectivity index (χ1n) is 5.13. The summed E-state index contributed by atoms with van der Waals surface area (Å²) in [5.74, 6) is -0.111. The number of hydrogen-bond donors (Lipinski definition) is 0. The zero-order valence-electron chi connectivity index (χ0n) is 9.22. The molecule has 104 valence electrons. The SMILES string of the molecule is FC(F)(F)c1cccc(C2COC(C(Cl)(Cl)Cl)=N2)c1. The van der Waals surface area contributed by atoms with Gasteiger partial charge in [0.25, 0.3) is 3.79 Å². The number of nitrogens with zero attached hydrogens (tertiary/aromatic N) is 1. The fourth-order valence-electron chi connectivity index (χ4n) is 1.62. The molecule has 0 spiro atoms. The van der Waals surface area contributed by atoms with Crippen LogP contribution in [0.15, 0.2) is 29.3 Å². The largest absolute Gasteiger partial charge is 0.475 e. The van der Waals surface area contributed by atoms with Gasteiger partial charge in [-0.05, 0) is 17.7 Å². The van der Waals surface area contributed by atoms with E-state index >= 15 is 0 Å². The van der Waals surface area contributed by atoms with Gasteiger partial charge in [-0.2, -0.15) is 13.2 Å². The summed E-state index contributed by atoms with van der Waals surface area (Å²) in [5.41, 5.74) is -0.387. The number of alkyl halides is 6. The van der Waals surface area contributed by atoms with Crippen molar-refractivity contribution in [3.8, 4) is 0 Å². The standard InChI is InChI=1S/C11H7Cl3F3NO/c12-10(13,14)9-18-8(5-19-9)6-2-1-3-7(4-6)11(15,16)17/h1-4,8H,5H2. The Bertz CT molecular complexity index is 511. The first-order chi connectivity index (χ1) is 8.68. The molecule has 1 unspecified atom stereocenters. The second-order valence-corrected chi connectivity index (χ2v) is 6.16. The average Bonchev–Trinajstić information content (AvgIpc) is 2.77. The van der Waals surface area contributed by atoms with Gasteiger partial charge in [0, 0.05) is 0 Å². The van der Waals surface area contributed by atoms with Gasteiger partial charge >= 0.3 is 6.18 Å². The maximum Gasteiger partial charge on any atom is 0.416 e. The number of ether oxygens (including phenoxy) is 1. The molecule has 1 aromatic rings. The summed E-state index contributed by atoms with van der Waals surface area (Å²) < 4.78 is 41.0. The van der Waals surface area contributed by atoms with Crippen molar-refractivity contribution in [3.63, 3.8) is 0 Å². The summed E-state index contributed by atoms with van der Waals surface area (Å²) >= 11 is 16.8. The minimum Gasteiger partial charge on any atom is -0.475 e. The molecule has 1 aromatic carbocycles. The molecular weight excluding hydrogens is 325 g/mol.